The highest BCUT2D eigenvalue weighted by molar-refractivity contribution is 7.85. The molecule has 10 nitrogen and oxygen atoms in total. The minimum absolute atomic E-state index is 0.0666. The average Bonchev–Trinajstić information content (AvgIpc) is 3.78. The number of benzene rings is 3. The Morgan fingerprint density at radius 1 is 0.952 bits per heavy atom. The molecule has 2 heterocycles. The van der Waals surface area contributed by atoms with E-state index < -0.39 is 10.1 Å². The third-order valence-corrected chi connectivity index (χ3v) is 8.44. The molecule has 1 saturated heterocycles. The minimum atomic E-state index is -4.02. The highest BCUT2D eigenvalue weighted by Crippen LogP contribution is 2.23. The van der Waals surface area contributed by atoms with Crippen molar-refractivity contribution in [2.45, 2.75) is 37.6 Å². The number of hydrogen-bond acceptors (Lipinski definition) is 7. The standard InChI is InChI=1S/C24H27N5O2.C7H8O3S/c1-16-3-4-17(23(30)26-18-5-6-18)13-22(16)29-15-25-21-8-7-19(14-20(21)24(29)31)28-11-9-27(2)10-12-28;1-6-2-4-7(5-3-6)11(8,9)10/h3-4,7-8,13-15,18H,5-6,9-12H2,1-2H3,(H,26,30);2-5H,1H3,(H,8,9,10). The van der Waals surface area contributed by atoms with E-state index in [1.807, 2.05) is 44.2 Å². The van der Waals surface area contributed by atoms with Crippen LogP contribution < -0.4 is 15.8 Å². The number of amides is 1. The summed E-state index contributed by atoms with van der Waals surface area (Å²) in [5.74, 6) is -0.0945. The SMILES string of the molecule is Cc1ccc(C(=O)NC2CC2)cc1-n1cnc2ccc(N3CCN(C)CC3)cc2c1=O.Cc1ccc(S(=O)(=O)O)cc1. The van der Waals surface area contributed by atoms with Crippen LogP contribution in [0.15, 0.2) is 76.7 Å². The number of aryl methyl sites for hydroxylation is 2. The number of hydrogen-bond donors (Lipinski definition) is 2. The molecule has 0 atom stereocenters. The number of anilines is 1. The van der Waals surface area contributed by atoms with Crippen LogP contribution in [0.1, 0.15) is 34.3 Å². The topological polar surface area (TPSA) is 125 Å². The predicted octanol–water partition coefficient (Wildman–Crippen LogP) is 3.58. The summed E-state index contributed by atoms with van der Waals surface area (Å²) in [4.78, 5) is 35.0. The number of carbonyl (C=O) groups excluding carboxylic acids is 1. The number of nitrogens with one attached hydrogen (secondary N) is 1. The molecule has 1 aliphatic heterocycles. The van der Waals surface area contributed by atoms with Crippen LogP contribution in [0.2, 0.25) is 0 Å². The van der Waals surface area contributed by atoms with Crippen LogP contribution in [0.3, 0.4) is 0 Å². The fraction of sp³-hybridized carbons (Fsp3) is 0.323. The van der Waals surface area contributed by atoms with Crippen LogP contribution in [-0.4, -0.2) is 72.6 Å². The second-order valence-electron chi connectivity index (χ2n) is 10.9. The lowest BCUT2D eigenvalue weighted by Crippen LogP contribution is -2.44. The van der Waals surface area contributed by atoms with Gasteiger partial charge in [-0.25, -0.2) is 4.98 Å². The Labute approximate surface area is 245 Å². The van der Waals surface area contributed by atoms with Gasteiger partial charge in [-0.1, -0.05) is 23.8 Å². The summed E-state index contributed by atoms with van der Waals surface area (Å²) in [5, 5.41) is 3.60. The number of likely N-dealkylation sites (N-methyl/N-ethyl adjacent to an activating group) is 1. The lowest BCUT2D eigenvalue weighted by atomic mass is 10.1. The molecular weight excluding hydrogens is 554 g/mol. The summed E-state index contributed by atoms with van der Waals surface area (Å²) in [6.07, 6.45) is 3.63. The number of piperazine rings is 1. The van der Waals surface area contributed by atoms with Gasteiger partial charge in [-0.3, -0.25) is 18.7 Å². The summed E-state index contributed by atoms with van der Waals surface area (Å²) in [6.45, 7) is 7.67. The molecule has 220 valence electrons. The Balaban J connectivity index is 0.000000271. The molecule has 0 spiro atoms. The predicted molar refractivity (Wildman–Crippen MR) is 163 cm³/mol. The number of rotatable bonds is 5. The molecule has 2 fully saturated rings. The summed E-state index contributed by atoms with van der Waals surface area (Å²) in [6, 6.07) is 17.7. The Hall–Kier alpha value is -4.06. The quantitative estimate of drug-likeness (QED) is 0.339. The van der Waals surface area contributed by atoms with Gasteiger partial charge in [-0.15, -0.1) is 0 Å². The van der Waals surface area contributed by atoms with Gasteiger partial charge >= 0.3 is 0 Å². The molecule has 1 amide bonds. The Kier molecular flexibility index (Phi) is 8.44. The Bertz CT molecular complexity index is 1770. The molecule has 0 bridgehead atoms. The molecule has 1 aromatic heterocycles. The van der Waals surface area contributed by atoms with Crippen LogP contribution >= 0.6 is 0 Å². The van der Waals surface area contributed by atoms with E-state index >= 15 is 0 Å². The van der Waals surface area contributed by atoms with Crippen molar-refractivity contribution < 1.29 is 17.8 Å². The maximum Gasteiger partial charge on any atom is 0.294 e. The van der Waals surface area contributed by atoms with E-state index in [1.54, 1.807) is 29.1 Å². The number of aromatic nitrogens is 2. The molecule has 1 saturated carbocycles. The van der Waals surface area contributed by atoms with Crippen molar-refractivity contribution in [3.8, 4) is 5.69 Å². The first-order valence-electron chi connectivity index (χ1n) is 13.9. The van der Waals surface area contributed by atoms with Crippen molar-refractivity contribution in [2.75, 3.05) is 38.1 Å². The van der Waals surface area contributed by atoms with Crippen molar-refractivity contribution in [2.24, 2.45) is 0 Å². The third kappa shape index (κ3) is 6.87. The van der Waals surface area contributed by atoms with Gasteiger partial charge in [0.05, 0.1) is 21.5 Å². The molecule has 2 N–H and O–H groups in total. The normalized spacial score (nSPS) is 15.7. The molecule has 3 aromatic carbocycles. The first-order chi connectivity index (χ1) is 20.0. The van der Waals surface area contributed by atoms with E-state index in [1.165, 1.54) is 12.1 Å². The zero-order valence-electron chi connectivity index (χ0n) is 23.9. The summed E-state index contributed by atoms with van der Waals surface area (Å²) >= 11 is 0. The fourth-order valence-electron chi connectivity index (χ4n) is 4.76. The van der Waals surface area contributed by atoms with Crippen molar-refractivity contribution in [1.29, 1.82) is 0 Å². The second kappa shape index (κ2) is 12.0. The van der Waals surface area contributed by atoms with E-state index in [0.29, 0.717) is 22.2 Å². The molecule has 42 heavy (non-hydrogen) atoms. The average molecular weight is 590 g/mol. The zero-order chi connectivity index (χ0) is 30.0. The smallest absolute Gasteiger partial charge is 0.294 e. The molecule has 0 radical (unpaired) electrons. The van der Waals surface area contributed by atoms with Gasteiger partial charge in [-0.2, -0.15) is 8.42 Å². The van der Waals surface area contributed by atoms with Crippen molar-refractivity contribution in [3.05, 3.63) is 94.0 Å². The number of fused-ring (bicyclic) bond motifs is 1. The Morgan fingerprint density at radius 3 is 2.29 bits per heavy atom. The van der Waals surface area contributed by atoms with E-state index in [9.17, 15) is 18.0 Å². The third-order valence-electron chi connectivity index (χ3n) is 7.57. The van der Waals surface area contributed by atoms with Crippen LogP contribution in [0.5, 0.6) is 0 Å². The van der Waals surface area contributed by atoms with Gasteiger partial charge in [0.1, 0.15) is 6.33 Å². The molecule has 2 aliphatic rings. The van der Waals surface area contributed by atoms with Crippen molar-refractivity contribution in [1.82, 2.24) is 19.8 Å². The highest BCUT2D eigenvalue weighted by atomic mass is 32.2. The van der Waals surface area contributed by atoms with Gasteiger partial charge in [-0.05, 0) is 81.8 Å². The van der Waals surface area contributed by atoms with Gasteiger partial charge < -0.3 is 15.1 Å². The van der Waals surface area contributed by atoms with Crippen LogP contribution in [-0.2, 0) is 10.1 Å². The number of carbonyl (C=O) groups is 1. The molecule has 0 unspecified atom stereocenters. The van der Waals surface area contributed by atoms with Crippen molar-refractivity contribution in [3.63, 3.8) is 0 Å². The van der Waals surface area contributed by atoms with Crippen LogP contribution in [0.4, 0.5) is 5.69 Å². The lowest BCUT2D eigenvalue weighted by molar-refractivity contribution is 0.0951. The van der Waals surface area contributed by atoms with E-state index in [4.69, 9.17) is 4.55 Å². The fourth-order valence-corrected chi connectivity index (χ4v) is 5.24. The number of nitrogens with zero attached hydrogens (tertiary/aromatic N) is 4. The first-order valence-corrected chi connectivity index (χ1v) is 15.3. The molecule has 1 aliphatic carbocycles. The minimum Gasteiger partial charge on any atom is -0.369 e. The van der Waals surface area contributed by atoms with E-state index in [-0.39, 0.29) is 22.4 Å². The van der Waals surface area contributed by atoms with E-state index in [0.717, 1.165) is 55.8 Å². The maximum absolute atomic E-state index is 13.4. The monoisotopic (exact) mass is 589 g/mol. The Morgan fingerprint density at radius 2 is 1.64 bits per heavy atom. The molecule has 11 heteroatoms. The zero-order valence-corrected chi connectivity index (χ0v) is 24.8. The van der Waals surface area contributed by atoms with Gasteiger partial charge in [0.25, 0.3) is 21.6 Å². The first kappa shape index (κ1) is 29.4. The molecule has 6 rings (SSSR count). The van der Waals surface area contributed by atoms with E-state index in [2.05, 4.69) is 27.1 Å². The summed E-state index contributed by atoms with van der Waals surface area (Å²) < 4.78 is 31.1. The van der Waals surface area contributed by atoms with Gasteiger partial charge in [0, 0.05) is 43.5 Å². The highest BCUT2D eigenvalue weighted by Gasteiger charge is 2.24. The lowest BCUT2D eigenvalue weighted by Gasteiger charge is -2.34. The largest absolute Gasteiger partial charge is 0.369 e. The van der Waals surface area contributed by atoms with Crippen LogP contribution in [0.25, 0.3) is 16.6 Å². The molecule has 4 aromatic rings. The second-order valence-corrected chi connectivity index (χ2v) is 12.4. The summed E-state index contributed by atoms with van der Waals surface area (Å²) in [7, 11) is -1.89. The molecular formula is C31H35N5O5S. The maximum atomic E-state index is 13.4. The van der Waals surface area contributed by atoms with Crippen LogP contribution in [0, 0.1) is 13.8 Å². The van der Waals surface area contributed by atoms with Gasteiger partial charge in [0.2, 0.25) is 0 Å². The summed E-state index contributed by atoms with van der Waals surface area (Å²) in [5.41, 5.74) is 4.73. The van der Waals surface area contributed by atoms with Crippen molar-refractivity contribution >= 4 is 32.6 Å². The van der Waals surface area contributed by atoms with Gasteiger partial charge in [0.15, 0.2) is 0 Å².